The van der Waals surface area contributed by atoms with Gasteiger partial charge in [0.25, 0.3) is 5.91 Å². The Kier molecular flexibility index (Phi) is 3.42. The lowest BCUT2D eigenvalue weighted by molar-refractivity contribution is -0.119. The number of hydrogen-bond donors (Lipinski definition) is 2. The molecule has 0 bridgehead atoms. The van der Waals surface area contributed by atoms with Gasteiger partial charge in [-0.05, 0) is 62.1 Å². The molecule has 130 valence electrons. The van der Waals surface area contributed by atoms with E-state index in [0.717, 1.165) is 24.0 Å². The second-order valence-electron chi connectivity index (χ2n) is 7.57. The number of nitrogens with zero attached hydrogens (tertiary/aromatic N) is 1. The molecule has 1 heterocycles. The Morgan fingerprint density at radius 3 is 2.65 bits per heavy atom. The minimum absolute atomic E-state index is 0.0583. The Morgan fingerprint density at radius 1 is 1.19 bits per heavy atom. The normalized spacial score (nSPS) is 18.4. The molecule has 5 heteroatoms. The minimum atomic E-state index is -0.584. The third-order valence-electron chi connectivity index (χ3n) is 5.42. The fourth-order valence-corrected chi connectivity index (χ4v) is 3.52. The van der Waals surface area contributed by atoms with Gasteiger partial charge in [-0.25, -0.2) is 0 Å². The van der Waals surface area contributed by atoms with Crippen LogP contribution < -0.4 is 10.6 Å². The Hall–Kier alpha value is -3.13. The maximum atomic E-state index is 12.8. The summed E-state index contributed by atoms with van der Waals surface area (Å²) in [5, 5.41) is 15.1. The summed E-state index contributed by atoms with van der Waals surface area (Å²) in [5.41, 5.74) is 2.69. The Bertz CT molecular complexity index is 981. The van der Waals surface area contributed by atoms with Gasteiger partial charge in [0.05, 0.1) is 22.6 Å². The first kappa shape index (κ1) is 16.3. The highest BCUT2D eigenvalue weighted by molar-refractivity contribution is 6.07. The molecule has 0 atom stereocenters. The maximum absolute atomic E-state index is 12.8. The van der Waals surface area contributed by atoms with Crippen LogP contribution in [-0.4, -0.2) is 11.8 Å². The van der Waals surface area contributed by atoms with Crippen LogP contribution >= 0.6 is 0 Å². The molecule has 2 N–H and O–H groups in total. The van der Waals surface area contributed by atoms with E-state index in [-0.39, 0.29) is 11.8 Å². The molecule has 26 heavy (non-hydrogen) atoms. The third-order valence-corrected chi connectivity index (χ3v) is 5.42. The SMILES string of the molecule is CC1(C)C(=O)Nc2cc(C(=O)NC3(c4cccc(C#N)c4)CC3)ccc21. The highest BCUT2D eigenvalue weighted by Crippen LogP contribution is 2.46. The number of benzene rings is 2. The first-order valence-electron chi connectivity index (χ1n) is 8.65. The molecule has 0 unspecified atom stereocenters. The van der Waals surface area contributed by atoms with Crippen molar-refractivity contribution in [3.8, 4) is 6.07 Å². The number of amides is 2. The van der Waals surface area contributed by atoms with E-state index in [2.05, 4.69) is 16.7 Å². The van der Waals surface area contributed by atoms with Crippen molar-refractivity contribution in [3.05, 3.63) is 64.7 Å². The van der Waals surface area contributed by atoms with Crippen LogP contribution in [0.1, 0.15) is 53.7 Å². The zero-order valence-corrected chi connectivity index (χ0v) is 14.7. The smallest absolute Gasteiger partial charge is 0.252 e. The molecule has 0 saturated heterocycles. The summed E-state index contributed by atoms with van der Waals surface area (Å²) < 4.78 is 0. The van der Waals surface area contributed by atoms with E-state index in [1.165, 1.54) is 0 Å². The summed E-state index contributed by atoms with van der Waals surface area (Å²) in [6.45, 7) is 3.74. The third kappa shape index (κ3) is 2.46. The summed E-state index contributed by atoms with van der Waals surface area (Å²) in [4.78, 5) is 24.9. The van der Waals surface area contributed by atoms with E-state index < -0.39 is 11.0 Å². The first-order chi connectivity index (χ1) is 12.4. The molecule has 1 aliphatic carbocycles. The second kappa shape index (κ2) is 5.43. The average molecular weight is 345 g/mol. The predicted molar refractivity (Wildman–Crippen MR) is 97.6 cm³/mol. The molecule has 0 aromatic heterocycles. The van der Waals surface area contributed by atoms with Gasteiger partial charge in [0, 0.05) is 11.3 Å². The number of nitriles is 1. The van der Waals surface area contributed by atoms with Crippen molar-refractivity contribution in [2.24, 2.45) is 0 Å². The number of hydrogen-bond acceptors (Lipinski definition) is 3. The summed E-state index contributed by atoms with van der Waals surface area (Å²) >= 11 is 0. The summed E-state index contributed by atoms with van der Waals surface area (Å²) in [5.74, 6) is -0.233. The standard InChI is InChI=1S/C21H19N3O2/c1-20(2)16-7-6-14(11-17(16)23-19(20)26)18(25)24-21(8-9-21)15-5-3-4-13(10-15)12-22/h3-7,10-11H,8-9H2,1-2H3,(H,23,26)(H,24,25). The van der Waals surface area contributed by atoms with Crippen molar-refractivity contribution in [1.29, 1.82) is 5.26 Å². The molecule has 4 rings (SSSR count). The number of nitrogens with one attached hydrogen (secondary N) is 2. The van der Waals surface area contributed by atoms with Gasteiger partial charge in [0.2, 0.25) is 5.91 Å². The van der Waals surface area contributed by atoms with Crippen LogP contribution in [0.5, 0.6) is 0 Å². The van der Waals surface area contributed by atoms with Crippen molar-refractivity contribution in [2.75, 3.05) is 5.32 Å². The first-order valence-corrected chi connectivity index (χ1v) is 8.65. The van der Waals surface area contributed by atoms with E-state index in [1.54, 1.807) is 18.2 Å². The average Bonchev–Trinajstić information content (AvgIpc) is 3.37. The number of carbonyl (C=O) groups excluding carboxylic acids is 2. The molecular formula is C21H19N3O2. The van der Waals surface area contributed by atoms with Crippen LogP contribution in [-0.2, 0) is 15.7 Å². The molecule has 2 aliphatic rings. The lowest BCUT2D eigenvalue weighted by Crippen LogP contribution is -2.34. The summed E-state index contributed by atoms with van der Waals surface area (Å²) in [6, 6.07) is 14.9. The predicted octanol–water partition coefficient (Wildman–Crippen LogP) is 3.21. The monoisotopic (exact) mass is 345 g/mol. The zero-order chi connectivity index (χ0) is 18.5. The van der Waals surface area contributed by atoms with Gasteiger partial charge in [-0.2, -0.15) is 5.26 Å². The minimum Gasteiger partial charge on any atom is -0.343 e. The van der Waals surface area contributed by atoms with E-state index in [9.17, 15) is 9.59 Å². The highest BCUT2D eigenvalue weighted by atomic mass is 16.2. The summed E-state index contributed by atoms with van der Waals surface area (Å²) in [6.07, 6.45) is 1.70. The number of rotatable bonds is 3. The van der Waals surface area contributed by atoms with E-state index >= 15 is 0 Å². The lowest BCUT2D eigenvalue weighted by atomic mass is 9.86. The molecule has 2 aromatic carbocycles. The van der Waals surface area contributed by atoms with Crippen molar-refractivity contribution in [1.82, 2.24) is 5.32 Å². The van der Waals surface area contributed by atoms with E-state index in [1.807, 2.05) is 38.1 Å². The number of carbonyl (C=O) groups is 2. The largest absolute Gasteiger partial charge is 0.343 e. The topological polar surface area (TPSA) is 82.0 Å². The molecule has 5 nitrogen and oxygen atoms in total. The number of fused-ring (bicyclic) bond motifs is 1. The fourth-order valence-electron chi connectivity index (χ4n) is 3.52. The van der Waals surface area contributed by atoms with Crippen molar-refractivity contribution < 1.29 is 9.59 Å². The van der Waals surface area contributed by atoms with E-state index in [4.69, 9.17) is 5.26 Å². The lowest BCUT2D eigenvalue weighted by Gasteiger charge is -2.19. The van der Waals surface area contributed by atoms with E-state index in [0.29, 0.717) is 16.8 Å². The van der Waals surface area contributed by atoms with Crippen LogP contribution in [0, 0.1) is 11.3 Å². The van der Waals surface area contributed by atoms with Crippen LogP contribution in [0.2, 0.25) is 0 Å². The highest BCUT2D eigenvalue weighted by Gasteiger charge is 2.46. The zero-order valence-electron chi connectivity index (χ0n) is 14.7. The molecule has 2 aromatic rings. The molecule has 1 saturated carbocycles. The van der Waals surface area contributed by atoms with Gasteiger partial charge in [-0.3, -0.25) is 9.59 Å². The van der Waals surface area contributed by atoms with Gasteiger partial charge < -0.3 is 10.6 Å². The van der Waals surface area contributed by atoms with Crippen LogP contribution in [0.25, 0.3) is 0 Å². The molecule has 0 spiro atoms. The van der Waals surface area contributed by atoms with Gasteiger partial charge in [-0.15, -0.1) is 0 Å². The van der Waals surface area contributed by atoms with Crippen molar-refractivity contribution >= 4 is 17.5 Å². The van der Waals surface area contributed by atoms with Crippen molar-refractivity contribution in [2.45, 2.75) is 37.6 Å². The molecule has 1 aliphatic heterocycles. The van der Waals surface area contributed by atoms with Gasteiger partial charge in [0.1, 0.15) is 0 Å². The maximum Gasteiger partial charge on any atom is 0.252 e. The molecule has 1 fully saturated rings. The van der Waals surface area contributed by atoms with Crippen LogP contribution in [0.4, 0.5) is 5.69 Å². The van der Waals surface area contributed by atoms with Crippen molar-refractivity contribution in [3.63, 3.8) is 0 Å². The molecular weight excluding hydrogens is 326 g/mol. The van der Waals surface area contributed by atoms with Gasteiger partial charge >= 0.3 is 0 Å². The Labute approximate surface area is 152 Å². The number of anilines is 1. The summed E-state index contributed by atoms with van der Waals surface area (Å²) in [7, 11) is 0. The van der Waals surface area contributed by atoms with Gasteiger partial charge in [0.15, 0.2) is 0 Å². The van der Waals surface area contributed by atoms with Gasteiger partial charge in [-0.1, -0.05) is 18.2 Å². The quantitative estimate of drug-likeness (QED) is 0.896. The van der Waals surface area contributed by atoms with Crippen LogP contribution in [0.15, 0.2) is 42.5 Å². The molecule has 2 amide bonds. The second-order valence-corrected chi connectivity index (χ2v) is 7.57. The van der Waals surface area contributed by atoms with Crippen LogP contribution in [0.3, 0.4) is 0 Å². The fraction of sp³-hybridized carbons (Fsp3) is 0.286. The Morgan fingerprint density at radius 2 is 1.96 bits per heavy atom. The molecule has 0 radical (unpaired) electrons. The Balaban J connectivity index is 1.59.